The summed E-state index contributed by atoms with van der Waals surface area (Å²) in [5, 5.41) is 15.4. The number of nitriles is 1. The Balaban J connectivity index is 2.40. The Kier molecular flexibility index (Phi) is 10.1. The summed E-state index contributed by atoms with van der Waals surface area (Å²) in [7, 11) is 0. The fourth-order valence-corrected chi connectivity index (χ4v) is 4.25. The topological polar surface area (TPSA) is 112 Å². The average Bonchev–Trinajstić information content (AvgIpc) is 2.77. The Hall–Kier alpha value is -3.08. The summed E-state index contributed by atoms with van der Waals surface area (Å²) in [6, 6.07) is 7.50. The number of benzene rings is 1. The van der Waals surface area contributed by atoms with Gasteiger partial charge in [-0.25, -0.2) is 4.79 Å². The Bertz CT molecular complexity index is 909. The number of amides is 3. The summed E-state index contributed by atoms with van der Waals surface area (Å²) in [6.07, 6.45) is 4.33. The smallest absolute Gasteiger partial charge is 0.408 e. The number of aryl methyl sites for hydroxylation is 1. The van der Waals surface area contributed by atoms with Crippen LogP contribution in [0.3, 0.4) is 0 Å². The second-order valence-corrected chi connectivity index (χ2v) is 10.6. The molecular formula is C27H40N4O4. The van der Waals surface area contributed by atoms with Gasteiger partial charge in [0.25, 0.3) is 0 Å². The Morgan fingerprint density at radius 3 is 2.23 bits per heavy atom. The minimum Gasteiger partial charge on any atom is -0.444 e. The van der Waals surface area contributed by atoms with E-state index in [1.165, 1.54) is 4.90 Å². The van der Waals surface area contributed by atoms with Crippen LogP contribution in [0, 0.1) is 24.2 Å². The molecule has 2 atom stereocenters. The van der Waals surface area contributed by atoms with Crippen molar-refractivity contribution in [3.05, 3.63) is 35.4 Å². The molecule has 192 valence electrons. The molecule has 2 unspecified atom stereocenters. The molecule has 1 aliphatic rings. The molecule has 1 fully saturated rings. The Labute approximate surface area is 209 Å². The molecule has 1 saturated carbocycles. The van der Waals surface area contributed by atoms with Crippen molar-refractivity contribution in [3.8, 4) is 6.07 Å². The van der Waals surface area contributed by atoms with Gasteiger partial charge < -0.3 is 20.3 Å². The van der Waals surface area contributed by atoms with Crippen LogP contribution >= 0.6 is 0 Å². The van der Waals surface area contributed by atoms with E-state index in [-0.39, 0.29) is 24.4 Å². The number of carbonyl (C=O) groups excluding carboxylic acids is 3. The second-order valence-electron chi connectivity index (χ2n) is 10.6. The number of hydrogen-bond donors (Lipinski definition) is 2. The molecule has 0 aliphatic heterocycles. The monoisotopic (exact) mass is 484 g/mol. The molecule has 2 N–H and O–H groups in total. The molecule has 0 bridgehead atoms. The van der Waals surface area contributed by atoms with Gasteiger partial charge in [0, 0.05) is 6.04 Å². The summed E-state index contributed by atoms with van der Waals surface area (Å²) in [5.74, 6) is -1.11. The largest absolute Gasteiger partial charge is 0.444 e. The van der Waals surface area contributed by atoms with Crippen molar-refractivity contribution in [2.45, 2.75) is 97.4 Å². The fraction of sp³-hybridized carbons (Fsp3) is 0.630. The SMILES string of the molecule is Cc1ccc(C(C(=O)NC2CCCCC2)N(CC#N)C(=O)C(NC(=O)OC(C)(C)C)C(C)C)cc1. The van der Waals surface area contributed by atoms with E-state index in [9.17, 15) is 19.6 Å². The molecule has 0 aromatic heterocycles. The maximum atomic E-state index is 13.8. The maximum Gasteiger partial charge on any atom is 0.408 e. The zero-order valence-corrected chi connectivity index (χ0v) is 21.9. The van der Waals surface area contributed by atoms with Gasteiger partial charge in [0.2, 0.25) is 11.8 Å². The van der Waals surface area contributed by atoms with E-state index in [0.717, 1.165) is 37.7 Å². The third-order valence-electron chi connectivity index (χ3n) is 6.03. The van der Waals surface area contributed by atoms with Crippen LogP contribution in [0.25, 0.3) is 0 Å². The van der Waals surface area contributed by atoms with Gasteiger partial charge in [0.15, 0.2) is 0 Å². The summed E-state index contributed by atoms with van der Waals surface area (Å²) >= 11 is 0. The molecule has 8 heteroatoms. The number of rotatable bonds is 8. The normalized spacial score (nSPS) is 16.1. The van der Waals surface area contributed by atoms with E-state index < -0.39 is 29.7 Å². The first-order valence-electron chi connectivity index (χ1n) is 12.5. The van der Waals surface area contributed by atoms with E-state index in [2.05, 4.69) is 10.6 Å². The summed E-state index contributed by atoms with van der Waals surface area (Å²) in [4.78, 5) is 41.1. The fourth-order valence-electron chi connectivity index (χ4n) is 4.25. The van der Waals surface area contributed by atoms with Gasteiger partial charge in [-0.05, 0) is 52.0 Å². The lowest BCUT2D eigenvalue weighted by molar-refractivity contribution is -0.142. The van der Waals surface area contributed by atoms with Gasteiger partial charge in [-0.15, -0.1) is 0 Å². The first-order chi connectivity index (χ1) is 16.4. The van der Waals surface area contributed by atoms with Gasteiger partial charge >= 0.3 is 6.09 Å². The standard InChI is InChI=1S/C27H40N4O4/c1-18(2)22(30-26(34)35-27(4,5)6)25(33)31(17-16-28)23(20-14-12-19(3)13-15-20)24(32)29-21-10-8-7-9-11-21/h12-15,18,21-23H,7-11,17H2,1-6H3,(H,29,32)(H,30,34). The van der Waals surface area contributed by atoms with Crippen LogP contribution in [0.4, 0.5) is 4.79 Å². The third kappa shape index (κ3) is 8.57. The molecule has 0 heterocycles. The van der Waals surface area contributed by atoms with Gasteiger partial charge in [-0.1, -0.05) is 62.9 Å². The molecule has 1 aromatic rings. The minimum absolute atomic E-state index is 0.0454. The lowest BCUT2D eigenvalue weighted by Gasteiger charge is -2.35. The highest BCUT2D eigenvalue weighted by Gasteiger charge is 2.38. The van der Waals surface area contributed by atoms with E-state index >= 15 is 0 Å². The van der Waals surface area contributed by atoms with Crippen molar-refractivity contribution >= 4 is 17.9 Å². The molecule has 0 saturated heterocycles. The van der Waals surface area contributed by atoms with Crippen LogP contribution in [-0.4, -0.2) is 47.0 Å². The molecular weight excluding hydrogens is 444 g/mol. The van der Waals surface area contributed by atoms with Crippen molar-refractivity contribution < 1.29 is 19.1 Å². The molecule has 0 radical (unpaired) electrons. The van der Waals surface area contributed by atoms with E-state index in [1.54, 1.807) is 34.6 Å². The van der Waals surface area contributed by atoms with Crippen molar-refractivity contribution in [2.75, 3.05) is 6.54 Å². The lowest BCUT2D eigenvalue weighted by Crippen LogP contribution is -2.55. The van der Waals surface area contributed by atoms with Gasteiger partial charge in [-0.2, -0.15) is 5.26 Å². The van der Waals surface area contributed by atoms with Crippen LogP contribution in [0.5, 0.6) is 0 Å². The number of nitrogens with zero attached hydrogens (tertiary/aromatic N) is 2. The van der Waals surface area contributed by atoms with E-state index in [4.69, 9.17) is 4.74 Å². The highest BCUT2D eigenvalue weighted by Crippen LogP contribution is 2.26. The molecule has 1 aromatic carbocycles. The van der Waals surface area contributed by atoms with Crippen molar-refractivity contribution in [1.82, 2.24) is 15.5 Å². The number of nitrogens with one attached hydrogen (secondary N) is 2. The first kappa shape index (κ1) is 28.2. The number of carbonyl (C=O) groups is 3. The predicted octanol–water partition coefficient (Wildman–Crippen LogP) is 4.39. The lowest BCUT2D eigenvalue weighted by atomic mass is 9.94. The molecule has 8 nitrogen and oxygen atoms in total. The van der Waals surface area contributed by atoms with Crippen LogP contribution in [0.1, 0.15) is 83.9 Å². The van der Waals surface area contributed by atoms with Crippen LogP contribution in [-0.2, 0) is 14.3 Å². The molecule has 35 heavy (non-hydrogen) atoms. The minimum atomic E-state index is -0.994. The quantitative estimate of drug-likeness (QED) is 0.532. The van der Waals surface area contributed by atoms with Crippen LogP contribution < -0.4 is 10.6 Å². The number of hydrogen-bond acceptors (Lipinski definition) is 5. The highest BCUT2D eigenvalue weighted by atomic mass is 16.6. The van der Waals surface area contributed by atoms with Crippen molar-refractivity contribution in [2.24, 2.45) is 5.92 Å². The Morgan fingerprint density at radius 1 is 1.11 bits per heavy atom. The second kappa shape index (κ2) is 12.6. The summed E-state index contributed by atoms with van der Waals surface area (Å²) < 4.78 is 5.35. The van der Waals surface area contributed by atoms with Gasteiger partial charge in [0.1, 0.15) is 24.2 Å². The molecule has 0 spiro atoms. The summed E-state index contributed by atoms with van der Waals surface area (Å²) in [6.45, 7) is 10.5. The van der Waals surface area contributed by atoms with Gasteiger partial charge in [0.05, 0.1) is 6.07 Å². The van der Waals surface area contributed by atoms with Crippen molar-refractivity contribution in [3.63, 3.8) is 0 Å². The van der Waals surface area contributed by atoms with Crippen molar-refractivity contribution in [1.29, 1.82) is 5.26 Å². The van der Waals surface area contributed by atoms with Crippen LogP contribution in [0.15, 0.2) is 24.3 Å². The third-order valence-corrected chi connectivity index (χ3v) is 6.03. The molecule has 3 amide bonds. The predicted molar refractivity (Wildman–Crippen MR) is 134 cm³/mol. The van der Waals surface area contributed by atoms with E-state index in [0.29, 0.717) is 5.56 Å². The zero-order chi connectivity index (χ0) is 26.2. The number of alkyl carbamates (subject to hydrolysis) is 1. The first-order valence-corrected chi connectivity index (χ1v) is 12.5. The van der Waals surface area contributed by atoms with E-state index in [1.807, 2.05) is 37.3 Å². The average molecular weight is 485 g/mol. The highest BCUT2D eigenvalue weighted by molar-refractivity contribution is 5.92. The molecule has 1 aliphatic carbocycles. The maximum absolute atomic E-state index is 13.8. The number of ether oxygens (including phenoxy) is 1. The van der Waals surface area contributed by atoms with Crippen LogP contribution in [0.2, 0.25) is 0 Å². The molecule has 2 rings (SSSR count). The Morgan fingerprint density at radius 2 is 1.71 bits per heavy atom. The zero-order valence-electron chi connectivity index (χ0n) is 21.9. The van der Waals surface area contributed by atoms with Gasteiger partial charge in [-0.3, -0.25) is 9.59 Å². The summed E-state index contributed by atoms with van der Waals surface area (Å²) in [5.41, 5.74) is 0.906.